The minimum absolute atomic E-state index is 0.0313. The third kappa shape index (κ3) is 2.96. The van der Waals surface area contributed by atoms with Crippen LogP contribution in [0, 0.1) is 0 Å². The van der Waals surface area contributed by atoms with Crippen molar-refractivity contribution in [2.45, 2.75) is 12.0 Å². The van der Waals surface area contributed by atoms with E-state index in [9.17, 15) is 5.11 Å². The zero-order chi connectivity index (χ0) is 12.3. The van der Waals surface area contributed by atoms with Crippen LogP contribution in [0.15, 0.2) is 46.3 Å². The number of rotatable bonds is 4. The molecular weight excluding hydrogens is 298 g/mol. The number of thiophene rings is 1. The molecule has 0 aliphatic rings. The van der Waals surface area contributed by atoms with E-state index in [-0.39, 0.29) is 5.92 Å². The number of hydrogen-bond donors (Lipinski definition) is 2. The van der Waals surface area contributed by atoms with Crippen LogP contribution in [-0.2, 0) is 0 Å². The van der Waals surface area contributed by atoms with E-state index in [0.29, 0.717) is 6.54 Å². The molecular formula is C13H14BrNOS. The molecule has 1 aromatic heterocycles. The normalized spacial score (nSPS) is 14.5. The molecule has 0 radical (unpaired) electrons. The zero-order valence-corrected chi connectivity index (χ0v) is 11.6. The van der Waals surface area contributed by atoms with Gasteiger partial charge >= 0.3 is 0 Å². The molecule has 0 spiro atoms. The minimum Gasteiger partial charge on any atom is -0.388 e. The highest BCUT2D eigenvalue weighted by atomic mass is 79.9. The van der Waals surface area contributed by atoms with Crippen molar-refractivity contribution < 1.29 is 5.11 Å². The Morgan fingerprint density at radius 3 is 2.47 bits per heavy atom. The van der Waals surface area contributed by atoms with Gasteiger partial charge in [0.2, 0.25) is 0 Å². The largest absolute Gasteiger partial charge is 0.388 e. The molecule has 90 valence electrons. The van der Waals surface area contributed by atoms with Crippen molar-refractivity contribution in [1.29, 1.82) is 0 Å². The van der Waals surface area contributed by atoms with E-state index in [1.807, 2.05) is 41.8 Å². The summed E-state index contributed by atoms with van der Waals surface area (Å²) in [7, 11) is 0. The second kappa shape index (κ2) is 5.78. The molecule has 0 saturated heterocycles. The molecule has 1 heterocycles. The first-order valence-corrected chi connectivity index (χ1v) is 7.06. The van der Waals surface area contributed by atoms with Crippen molar-refractivity contribution in [3.05, 3.63) is 56.7 Å². The molecule has 2 aromatic rings. The molecule has 0 amide bonds. The molecule has 0 aliphatic heterocycles. The third-order valence-electron chi connectivity index (χ3n) is 2.76. The molecule has 17 heavy (non-hydrogen) atoms. The van der Waals surface area contributed by atoms with E-state index in [4.69, 9.17) is 5.73 Å². The van der Waals surface area contributed by atoms with Gasteiger partial charge in [0, 0.05) is 21.8 Å². The summed E-state index contributed by atoms with van der Waals surface area (Å²) in [5.74, 6) is -0.0313. The van der Waals surface area contributed by atoms with Gasteiger partial charge in [0.25, 0.3) is 0 Å². The quantitative estimate of drug-likeness (QED) is 0.910. The van der Waals surface area contributed by atoms with Gasteiger partial charge in [0.15, 0.2) is 0 Å². The van der Waals surface area contributed by atoms with E-state index in [0.717, 1.165) is 14.9 Å². The van der Waals surface area contributed by atoms with Crippen LogP contribution in [0.3, 0.4) is 0 Å². The lowest BCUT2D eigenvalue weighted by Gasteiger charge is -2.20. The van der Waals surface area contributed by atoms with Gasteiger partial charge in [0.1, 0.15) is 0 Å². The lowest BCUT2D eigenvalue weighted by Crippen LogP contribution is -2.19. The Morgan fingerprint density at radius 1 is 1.24 bits per heavy atom. The van der Waals surface area contributed by atoms with Gasteiger partial charge in [0.05, 0.1) is 6.10 Å². The predicted octanol–water partition coefficient (Wildman–Crippen LogP) is 3.29. The van der Waals surface area contributed by atoms with E-state index in [1.54, 1.807) is 11.3 Å². The van der Waals surface area contributed by atoms with Gasteiger partial charge in [-0.1, -0.05) is 34.1 Å². The Hall–Kier alpha value is -0.680. The van der Waals surface area contributed by atoms with Crippen LogP contribution in [0.2, 0.25) is 0 Å². The second-order valence-electron chi connectivity index (χ2n) is 3.85. The van der Waals surface area contributed by atoms with Crippen LogP contribution >= 0.6 is 27.3 Å². The highest BCUT2D eigenvalue weighted by Gasteiger charge is 2.22. The van der Waals surface area contributed by atoms with Crippen LogP contribution in [0.5, 0.6) is 0 Å². The Balaban J connectivity index is 2.23. The number of aliphatic hydroxyl groups is 1. The highest BCUT2D eigenvalue weighted by molar-refractivity contribution is 9.10. The fourth-order valence-electron chi connectivity index (χ4n) is 1.80. The Kier molecular flexibility index (Phi) is 4.34. The van der Waals surface area contributed by atoms with E-state index < -0.39 is 6.10 Å². The van der Waals surface area contributed by atoms with Crippen molar-refractivity contribution in [1.82, 2.24) is 0 Å². The first kappa shape index (κ1) is 12.8. The third-order valence-corrected chi connectivity index (χ3v) is 4.29. The van der Waals surface area contributed by atoms with Crippen molar-refractivity contribution >= 4 is 27.3 Å². The Bertz CT molecular complexity index is 455. The van der Waals surface area contributed by atoms with E-state index >= 15 is 0 Å². The monoisotopic (exact) mass is 311 g/mol. The number of nitrogens with two attached hydrogens (primary N) is 1. The van der Waals surface area contributed by atoms with Crippen LogP contribution in [-0.4, -0.2) is 11.7 Å². The topological polar surface area (TPSA) is 46.2 Å². The minimum atomic E-state index is -0.549. The van der Waals surface area contributed by atoms with E-state index in [1.165, 1.54) is 0 Å². The SMILES string of the molecule is NCC(c1cccs1)C(O)c1ccc(Br)cc1. The summed E-state index contributed by atoms with van der Waals surface area (Å²) in [6, 6.07) is 11.7. The van der Waals surface area contributed by atoms with Gasteiger partial charge in [-0.05, 0) is 29.1 Å². The van der Waals surface area contributed by atoms with Crippen LogP contribution < -0.4 is 5.73 Å². The molecule has 0 fully saturated rings. The number of aliphatic hydroxyl groups excluding tert-OH is 1. The first-order valence-electron chi connectivity index (χ1n) is 5.39. The molecule has 3 N–H and O–H groups in total. The lowest BCUT2D eigenvalue weighted by atomic mass is 9.94. The molecule has 2 rings (SSSR count). The molecule has 4 heteroatoms. The standard InChI is InChI=1S/C13H14BrNOS/c14-10-5-3-9(4-6-10)13(16)11(8-15)12-2-1-7-17-12/h1-7,11,13,16H,8,15H2. The van der Waals surface area contributed by atoms with Crippen molar-refractivity contribution in [3.8, 4) is 0 Å². The van der Waals surface area contributed by atoms with Gasteiger partial charge in [-0.15, -0.1) is 11.3 Å². The summed E-state index contributed by atoms with van der Waals surface area (Å²) >= 11 is 5.02. The number of benzene rings is 1. The summed E-state index contributed by atoms with van der Waals surface area (Å²) in [5.41, 5.74) is 6.67. The van der Waals surface area contributed by atoms with Crippen molar-refractivity contribution in [2.24, 2.45) is 5.73 Å². The fourth-order valence-corrected chi connectivity index (χ4v) is 2.93. The number of hydrogen-bond acceptors (Lipinski definition) is 3. The molecule has 0 aliphatic carbocycles. The zero-order valence-electron chi connectivity index (χ0n) is 9.21. The highest BCUT2D eigenvalue weighted by Crippen LogP contribution is 2.33. The average molecular weight is 312 g/mol. The summed E-state index contributed by atoms with van der Waals surface area (Å²) in [6.07, 6.45) is -0.549. The molecule has 2 nitrogen and oxygen atoms in total. The number of halogens is 1. The maximum Gasteiger partial charge on any atom is 0.0878 e. The molecule has 1 aromatic carbocycles. The Labute approximate surface area is 113 Å². The lowest BCUT2D eigenvalue weighted by molar-refractivity contribution is 0.149. The van der Waals surface area contributed by atoms with Gasteiger partial charge in [-0.3, -0.25) is 0 Å². The predicted molar refractivity (Wildman–Crippen MR) is 75.2 cm³/mol. The van der Waals surface area contributed by atoms with Crippen LogP contribution in [0.25, 0.3) is 0 Å². The molecule has 2 atom stereocenters. The van der Waals surface area contributed by atoms with Crippen molar-refractivity contribution in [3.63, 3.8) is 0 Å². The summed E-state index contributed by atoms with van der Waals surface area (Å²) in [4.78, 5) is 1.13. The van der Waals surface area contributed by atoms with Crippen LogP contribution in [0.1, 0.15) is 22.5 Å². The summed E-state index contributed by atoms with van der Waals surface area (Å²) in [5, 5.41) is 12.4. The van der Waals surface area contributed by atoms with Crippen LogP contribution in [0.4, 0.5) is 0 Å². The van der Waals surface area contributed by atoms with E-state index in [2.05, 4.69) is 15.9 Å². The van der Waals surface area contributed by atoms with Gasteiger partial charge in [-0.25, -0.2) is 0 Å². The van der Waals surface area contributed by atoms with Crippen molar-refractivity contribution in [2.75, 3.05) is 6.54 Å². The summed E-state index contributed by atoms with van der Waals surface area (Å²) in [6.45, 7) is 0.442. The first-order chi connectivity index (χ1) is 8.22. The molecule has 0 bridgehead atoms. The molecule has 0 saturated carbocycles. The molecule has 2 unspecified atom stereocenters. The maximum atomic E-state index is 10.4. The fraction of sp³-hybridized carbons (Fsp3) is 0.231. The average Bonchev–Trinajstić information content (AvgIpc) is 2.84. The maximum absolute atomic E-state index is 10.4. The summed E-state index contributed by atoms with van der Waals surface area (Å²) < 4.78 is 1.01. The van der Waals surface area contributed by atoms with Gasteiger partial charge in [-0.2, -0.15) is 0 Å². The smallest absolute Gasteiger partial charge is 0.0878 e. The Morgan fingerprint density at radius 2 is 1.94 bits per heavy atom. The second-order valence-corrected chi connectivity index (χ2v) is 5.75. The van der Waals surface area contributed by atoms with Gasteiger partial charge < -0.3 is 10.8 Å².